The zero-order valence-corrected chi connectivity index (χ0v) is 20.9. The van der Waals surface area contributed by atoms with E-state index in [0.717, 1.165) is 29.8 Å². The molecular formula is C28H30F3N3O4. The van der Waals surface area contributed by atoms with E-state index in [4.69, 9.17) is 9.15 Å². The molecule has 1 aliphatic heterocycles. The summed E-state index contributed by atoms with van der Waals surface area (Å²) in [5.74, 6) is -0.200. The van der Waals surface area contributed by atoms with Gasteiger partial charge in [0, 0.05) is 38.3 Å². The number of halogens is 3. The van der Waals surface area contributed by atoms with Crippen LogP contribution in [0, 0.1) is 0 Å². The average Bonchev–Trinajstić information content (AvgIpc) is 3.44. The Kier molecular flexibility index (Phi) is 9.19. The molecule has 0 spiro atoms. The summed E-state index contributed by atoms with van der Waals surface area (Å²) in [5.41, 5.74) is 0.173. The van der Waals surface area contributed by atoms with E-state index in [1.165, 1.54) is 11.2 Å². The largest absolute Gasteiger partial charge is 0.467 e. The predicted molar refractivity (Wildman–Crippen MR) is 134 cm³/mol. The van der Waals surface area contributed by atoms with E-state index >= 15 is 0 Å². The molecule has 0 bridgehead atoms. The number of ether oxygens (including phenoxy) is 1. The smallest absolute Gasteiger partial charge is 0.416 e. The van der Waals surface area contributed by atoms with Crippen molar-refractivity contribution in [3.05, 3.63) is 95.4 Å². The number of morpholine rings is 1. The van der Waals surface area contributed by atoms with Crippen molar-refractivity contribution in [3.63, 3.8) is 0 Å². The molecule has 1 fully saturated rings. The highest BCUT2D eigenvalue weighted by Crippen LogP contribution is 2.29. The summed E-state index contributed by atoms with van der Waals surface area (Å²) in [6.07, 6.45) is -2.97. The third-order valence-electron chi connectivity index (χ3n) is 6.36. The summed E-state index contributed by atoms with van der Waals surface area (Å²) < 4.78 is 49.9. The van der Waals surface area contributed by atoms with Crippen molar-refractivity contribution in [2.75, 3.05) is 45.9 Å². The van der Waals surface area contributed by atoms with Crippen LogP contribution < -0.4 is 0 Å². The van der Waals surface area contributed by atoms with Crippen molar-refractivity contribution in [1.82, 2.24) is 14.7 Å². The lowest BCUT2D eigenvalue weighted by molar-refractivity contribution is -0.137. The minimum absolute atomic E-state index is 0.0911. The molecule has 2 aromatic carbocycles. The molecule has 10 heteroatoms. The fraction of sp³-hybridized carbons (Fsp3) is 0.357. The van der Waals surface area contributed by atoms with Gasteiger partial charge in [0.1, 0.15) is 12.3 Å². The summed E-state index contributed by atoms with van der Waals surface area (Å²) in [6, 6.07) is 17.1. The van der Waals surface area contributed by atoms with Gasteiger partial charge in [-0.1, -0.05) is 30.3 Å². The number of furan rings is 1. The molecule has 2 amide bonds. The minimum atomic E-state index is -4.50. The van der Waals surface area contributed by atoms with Crippen LogP contribution >= 0.6 is 0 Å². The normalized spacial score (nSPS) is 14.3. The lowest BCUT2D eigenvalue weighted by Crippen LogP contribution is -2.47. The van der Waals surface area contributed by atoms with Crippen molar-refractivity contribution >= 4 is 11.8 Å². The lowest BCUT2D eigenvalue weighted by Gasteiger charge is -2.31. The molecule has 2 heterocycles. The van der Waals surface area contributed by atoms with Gasteiger partial charge in [0.15, 0.2) is 0 Å². The molecule has 0 saturated carbocycles. The highest BCUT2D eigenvalue weighted by molar-refractivity contribution is 5.96. The SMILES string of the molecule is O=C(CN(CCN1CCOCC1)C(=O)c1ccc(C(F)(F)F)cc1)N(Cc1ccccc1)Cc1ccco1. The van der Waals surface area contributed by atoms with Gasteiger partial charge in [-0.3, -0.25) is 14.5 Å². The zero-order chi connectivity index (χ0) is 27.0. The van der Waals surface area contributed by atoms with Gasteiger partial charge in [0.25, 0.3) is 5.91 Å². The first-order chi connectivity index (χ1) is 18.3. The third-order valence-corrected chi connectivity index (χ3v) is 6.36. The first-order valence-corrected chi connectivity index (χ1v) is 12.4. The molecule has 7 nitrogen and oxygen atoms in total. The van der Waals surface area contributed by atoms with Crippen LogP contribution in [0.1, 0.15) is 27.2 Å². The topological polar surface area (TPSA) is 66.2 Å². The Morgan fingerprint density at radius 3 is 2.21 bits per heavy atom. The van der Waals surface area contributed by atoms with Crippen molar-refractivity contribution in [2.24, 2.45) is 0 Å². The molecule has 1 saturated heterocycles. The number of carbonyl (C=O) groups is 2. The van der Waals surface area contributed by atoms with Gasteiger partial charge < -0.3 is 19.0 Å². The number of hydrogen-bond donors (Lipinski definition) is 0. The van der Waals surface area contributed by atoms with Crippen LogP contribution in [-0.2, 0) is 28.8 Å². The Labute approximate surface area is 219 Å². The molecule has 0 unspecified atom stereocenters. The maximum atomic E-state index is 13.6. The van der Waals surface area contributed by atoms with Crippen LogP contribution in [0.5, 0.6) is 0 Å². The number of alkyl halides is 3. The molecule has 202 valence electrons. The Balaban J connectivity index is 1.53. The minimum Gasteiger partial charge on any atom is -0.467 e. The second kappa shape index (κ2) is 12.7. The number of amides is 2. The first-order valence-electron chi connectivity index (χ1n) is 12.4. The summed E-state index contributed by atoms with van der Waals surface area (Å²) in [7, 11) is 0. The van der Waals surface area contributed by atoms with Crippen LogP contribution in [0.4, 0.5) is 13.2 Å². The molecule has 1 aliphatic rings. The van der Waals surface area contributed by atoms with E-state index in [1.54, 1.807) is 17.0 Å². The highest BCUT2D eigenvalue weighted by Gasteiger charge is 2.31. The number of hydrogen-bond acceptors (Lipinski definition) is 5. The van der Waals surface area contributed by atoms with E-state index in [-0.39, 0.29) is 31.1 Å². The summed E-state index contributed by atoms with van der Waals surface area (Å²) in [5, 5.41) is 0. The summed E-state index contributed by atoms with van der Waals surface area (Å²) in [6.45, 7) is 3.63. The molecule has 3 aromatic rings. The molecule has 1 aromatic heterocycles. The Hall–Kier alpha value is -3.63. The van der Waals surface area contributed by atoms with Gasteiger partial charge in [0.05, 0.1) is 31.6 Å². The molecule has 0 atom stereocenters. The monoisotopic (exact) mass is 529 g/mol. The molecule has 0 aliphatic carbocycles. The first kappa shape index (κ1) is 27.4. The number of benzene rings is 2. The van der Waals surface area contributed by atoms with Gasteiger partial charge >= 0.3 is 6.18 Å². The van der Waals surface area contributed by atoms with E-state index in [0.29, 0.717) is 45.2 Å². The van der Waals surface area contributed by atoms with E-state index in [1.807, 2.05) is 30.3 Å². The molecule has 38 heavy (non-hydrogen) atoms. The fourth-order valence-corrected chi connectivity index (χ4v) is 4.21. The van der Waals surface area contributed by atoms with Crippen LogP contribution in [0.3, 0.4) is 0 Å². The Bertz CT molecular complexity index is 1160. The summed E-state index contributed by atoms with van der Waals surface area (Å²) in [4.78, 5) is 32.1. The number of nitrogens with zero attached hydrogens (tertiary/aromatic N) is 3. The van der Waals surface area contributed by atoms with Gasteiger partial charge in [-0.15, -0.1) is 0 Å². The lowest BCUT2D eigenvalue weighted by atomic mass is 10.1. The van der Waals surface area contributed by atoms with Crippen LogP contribution in [0.2, 0.25) is 0 Å². The average molecular weight is 530 g/mol. The highest BCUT2D eigenvalue weighted by atomic mass is 19.4. The Morgan fingerprint density at radius 2 is 1.58 bits per heavy atom. The van der Waals surface area contributed by atoms with E-state index in [9.17, 15) is 22.8 Å². The van der Waals surface area contributed by atoms with Gasteiger partial charge in [-0.2, -0.15) is 13.2 Å². The zero-order valence-electron chi connectivity index (χ0n) is 20.9. The van der Waals surface area contributed by atoms with Crippen LogP contribution in [0.25, 0.3) is 0 Å². The predicted octanol–water partition coefficient (Wildman–Crippen LogP) is 4.30. The second-order valence-corrected chi connectivity index (χ2v) is 9.07. The quantitative estimate of drug-likeness (QED) is 0.392. The van der Waals surface area contributed by atoms with Gasteiger partial charge in [-0.05, 0) is 42.0 Å². The standard InChI is InChI=1S/C28H30F3N3O4/c29-28(30,31)24-10-8-23(9-11-24)27(36)33(13-12-32-14-17-37-18-15-32)21-26(35)34(20-25-7-4-16-38-25)19-22-5-2-1-3-6-22/h1-11,16H,12-15,17-21H2. The number of rotatable bonds is 10. The fourth-order valence-electron chi connectivity index (χ4n) is 4.21. The van der Waals surface area contributed by atoms with Crippen molar-refractivity contribution in [3.8, 4) is 0 Å². The van der Waals surface area contributed by atoms with Crippen molar-refractivity contribution in [1.29, 1.82) is 0 Å². The molecular weight excluding hydrogens is 499 g/mol. The maximum Gasteiger partial charge on any atom is 0.416 e. The van der Waals surface area contributed by atoms with Gasteiger partial charge in [-0.25, -0.2) is 0 Å². The molecule has 4 rings (SSSR count). The third kappa shape index (κ3) is 7.69. The summed E-state index contributed by atoms with van der Waals surface area (Å²) >= 11 is 0. The molecule has 0 N–H and O–H groups in total. The van der Waals surface area contributed by atoms with Crippen LogP contribution in [0.15, 0.2) is 77.4 Å². The van der Waals surface area contributed by atoms with E-state index in [2.05, 4.69) is 4.90 Å². The molecule has 0 radical (unpaired) electrons. The Morgan fingerprint density at radius 1 is 0.868 bits per heavy atom. The van der Waals surface area contributed by atoms with Crippen molar-refractivity contribution in [2.45, 2.75) is 19.3 Å². The maximum absolute atomic E-state index is 13.6. The van der Waals surface area contributed by atoms with Gasteiger partial charge in [0.2, 0.25) is 5.91 Å². The number of carbonyl (C=O) groups excluding carboxylic acids is 2. The van der Waals surface area contributed by atoms with E-state index < -0.39 is 17.6 Å². The second-order valence-electron chi connectivity index (χ2n) is 9.07. The van der Waals surface area contributed by atoms with Crippen LogP contribution in [-0.4, -0.2) is 72.5 Å². The van der Waals surface area contributed by atoms with Crippen molar-refractivity contribution < 1.29 is 31.9 Å².